The number of carbonyl (C=O) groups excluding carboxylic acids is 1. The number of rotatable bonds is 6. The number of hydrogen-bond donors (Lipinski definition) is 0. The van der Waals surface area contributed by atoms with Gasteiger partial charge in [-0.25, -0.2) is 9.18 Å². The molecule has 0 N–H and O–H groups in total. The Morgan fingerprint density at radius 1 is 0.957 bits per heavy atom. The average Bonchev–Trinajstić information content (AvgIpc) is 2.56. The van der Waals surface area contributed by atoms with E-state index in [1.54, 1.807) is 26.0 Å². The van der Waals surface area contributed by atoms with E-state index in [-0.39, 0.29) is 0 Å². The number of halogens is 1. The van der Waals surface area contributed by atoms with Crippen molar-refractivity contribution in [3.63, 3.8) is 0 Å². The Balaban J connectivity index is 2.05. The van der Waals surface area contributed by atoms with Crippen molar-refractivity contribution in [3.8, 4) is 22.6 Å². The number of alkyl halides is 1. The highest BCUT2D eigenvalue weighted by molar-refractivity contribution is 5.77. The van der Waals surface area contributed by atoms with Crippen molar-refractivity contribution in [2.45, 2.75) is 26.9 Å². The van der Waals surface area contributed by atoms with Crippen LogP contribution in [0.2, 0.25) is 0 Å². The maximum atomic E-state index is 13.6. The van der Waals surface area contributed by atoms with Gasteiger partial charge in [-0.3, -0.25) is 0 Å². The summed E-state index contributed by atoms with van der Waals surface area (Å²) < 4.78 is 24.0. The van der Waals surface area contributed by atoms with Gasteiger partial charge < -0.3 is 9.47 Å². The van der Waals surface area contributed by atoms with E-state index in [1.807, 2.05) is 43.3 Å². The second-order valence-corrected chi connectivity index (χ2v) is 5.55. The molecule has 1 unspecified atom stereocenters. The Labute approximate surface area is 136 Å². The maximum absolute atomic E-state index is 13.6. The first-order valence-corrected chi connectivity index (χ1v) is 7.70. The fraction of sp³-hybridized carbons (Fsp3) is 0.316. The van der Waals surface area contributed by atoms with Crippen molar-refractivity contribution >= 4 is 5.97 Å². The molecule has 1 atom stereocenters. The van der Waals surface area contributed by atoms with Crippen LogP contribution in [0.3, 0.4) is 0 Å². The fourth-order valence-electron chi connectivity index (χ4n) is 2.07. The van der Waals surface area contributed by atoms with Gasteiger partial charge in [-0.05, 0) is 48.2 Å². The van der Waals surface area contributed by atoms with Crippen molar-refractivity contribution in [2.24, 2.45) is 5.92 Å². The molecule has 0 fully saturated rings. The average molecular weight is 316 g/mol. The van der Waals surface area contributed by atoms with Crippen LogP contribution in [0.25, 0.3) is 11.1 Å². The van der Waals surface area contributed by atoms with Gasteiger partial charge in [0.1, 0.15) is 11.5 Å². The summed E-state index contributed by atoms with van der Waals surface area (Å²) in [7, 11) is 0. The molecule has 0 heterocycles. The Morgan fingerprint density at radius 3 is 1.87 bits per heavy atom. The fourth-order valence-corrected chi connectivity index (χ4v) is 2.07. The van der Waals surface area contributed by atoms with Crippen LogP contribution in [0.4, 0.5) is 4.39 Å². The van der Waals surface area contributed by atoms with E-state index < -0.39 is 18.1 Å². The molecule has 23 heavy (non-hydrogen) atoms. The molecular formula is C19H21FO3. The topological polar surface area (TPSA) is 35.5 Å². The van der Waals surface area contributed by atoms with Crippen molar-refractivity contribution in [2.75, 3.05) is 6.61 Å². The van der Waals surface area contributed by atoms with Gasteiger partial charge in [0, 0.05) is 0 Å². The molecular weight excluding hydrogens is 295 g/mol. The molecule has 0 aliphatic carbocycles. The summed E-state index contributed by atoms with van der Waals surface area (Å²) in [6.07, 6.45) is -1.61. The number of esters is 1. The Morgan fingerprint density at radius 2 is 1.43 bits per heavy atom. The summed E-state index contributed by atoms with van der Waals surface area (Å²) in [6.45, 7) is 5.85. The number of ether oxygens (including phenoxy) is 2. The van der Waals surface area contributed by atoms with Crippen LogP contribution in [0.15, 0.2) is 48.5 Å². The summed E-state index contributed by atoms with van der Waals surface area (Å²) in [4.78, 5) is 11.6. The van der Waals surface area contributed by atoms with Crippen molar-refractivity contribution in [1.29, 1.82) is 0 Å². The predicted octanol–water partition coefficient (Wildman–Crippen LogP) is 4.65. The third-order valence-electron chi connectivity index (χ3n) is 3.38. The molecule has 2 aromatic carbocycles. The largest absolute Gasteiger partial charge is 0.494 e. The first-order valence-electron chi connectivity index (χ1n) is 7.70. The van der Waals surface area contributed by atoms with Crippen LogP contribution in [-0.4, -0.2) is 18.7 Å². The van der Waals surface area contributed by atoms with Crippen LogP contribution in [0, 0.1) is 5.92 Å². The first kappa shape index (κ1) is 17.0. The molecule has 0 spiro atoms. The lowest BCUT2D eigenvalue weighted by Gasteiger charge is -2.11. The van der Waals surface area contributed by atoms with Crippen molar-refractivity contribution < 1.29 is 18.7 Å². The smallest absolute Gasteiger partial charge is 0.346 e. The van der Waals surface area contributed by atoms with Gasteiger partial charge in [0.05, 0.1) is 6.61 Å². The zero-order valence-electron chi connectivity index (χ0n) is 13.6. The summed E-state index contributed by atoms with van der Waals surface area (Å²) in [6, 6.07) is 14.7. The molecule has 0 aromatic heterocycles. The van der Waals surface area contributed by atoms with Crippen LogP contribution in [0.1, 0.15) is 20.8 Å². The SMILES string of the molecule is CCOc1ccc(-c2ccc(OC(=O)C(F)C(C)C)cc2)cc1. The molecule has 0 saturated heterocycles. The van der Waals surface area contributed by atoms with Gasteiger partial charge in [0.25, 0.3) is 0 Å². The van der Waals surface area contributed by atoms with Gasteiger partial charge in [0.15, 0.2) is 6.17 Å². The minimum Gasteiger partial charge on any atom is -0.494 e. The number of carbonyl (C=O) groups is 1. The third kappa shape index (κ3) is 4.55. The van der Waals surface area contributed by atoms with Gasteiger partial charge >= 0.3 is 5.97 Å². The van der Waals surface area contributed by atoms with E-state index in [1.165, 1.54) is 0 Å². The molecule has 2 aromatic rings. The normalized spacial score (nSPS) is 12.0. The molecule has 0 amide bonds. The van der Waals surface area contributed by atoms with Crippen LogP contribution >= 0.6 is 0 Å². The van der Waals surface area contributed by atoms with Crippen LogP contribution in [-0.2, 0) is 4.79 Å². The lowest BCUT2D eigenvalue weighted by molar-refractivity contribution is -0.141. The standard InChI is InChI=1S/C19H21FO3/c1-4-22-16-9-5-14(6-10-16)15-7-11-17(12-8-15)23-19(21)18(20)13(2)3/h5-13,18H,4H2,1-3H3. The highest BCUT2D eigenvalue weighted by atomic mass is 19.1. The summed E-state index contributed by atoms with van der Waals surface area (Å²) in [5.74, 6) is -0.0862. The van der Waals surface area contributed by atoms with Crippen LogP contribution < -0.4 is 9.47 Å². The molecule has 0 saturated carbocycles. The molecule has 0 radical (unpaired) electrons. The summed E-state index contributed by atoms with van der Waals surface area (Å²) in [5, 5.41) is 0. The zero-order chi connectivity index (χ0) is 16.8. The van der Waals surface area contributed by atoms with E-state index in [0.717, 1.165) is 16.9 Å². The Kier molecular flexibility index (Phi) is 5.74. The van der Waals surface area contributed by atoms with E-state index in [9.17, 15) is 9.18 Å². The monoisotopic (exact) mass is 316 g/mol. The van der Waals surface area contributed by atoms with E-state index in [0.29, 0.717) is 12.4 Å². The number of hydrogen-bond acceptors (Lipinski definition) is 3. The Bertz CT molecular complexity index is 633. The van der Waals surface area contributed by atoms with Gasteiger partial charge in [-0.1, -0.05) is 38.1 Å². The van der Waals surface area contributed by atoms with E-state index >= 15 is 0 Å². The first-order chi connectivity index (χ1) is 11.0. The molecule has 0 bridgehead atoms. The van der Waals surface area contributed by atoms with Crippen molar-refractivity contribution in [1.82, 2.24) is 0 Å². The summed E-state index contributed by atoms with van der Waals surface area (Å²) in [5.41, 5.74) is 2.00. The highest BCUT2D eigenvalue weighted by Crippen LogP contribution is 2.25. The van der Waals surface area contributed by atoms with E-state index in [2.05, 4.69) is 0 Å². The molecule has 122 valence electrons. The van der Waals surface area contributed by atoms with E-state index in [4.69, 9.17) is 9.47 Å². The maximum Gasteiger partial charge on any atom is 0.346 e. The second-order valence-electron chi connectivity index (χ2n) is 5.55. The molecule has 2 rings (SSSR count). The lowest BCUT2D eigenvalue weighted by atomic mass is 10.1. The lowest BCUT2D eigenvalue weighted by Crippen LogP contribution is -2.26. The summed E-state index contributed by atoms with van der Waals surface area (Å²) >= 11 is 0. The predicted molar refractivity (Wildman–Crippen MR) is 88.4 cm³/mol. The van der Waals surface area contributed by atoms with Gasteiger partial charge in [-0.15, -0.1) is 0 Å². The quantitative estimate of drug-likeness (QED) is 0.575. The minimum atomic E-state index is -1.61. The molecule has 3 nitrogen and oxygen atoms in total. The molecule has 0 aliphatic rings. The third-order valence-corrected chi connectivity index (χ3v) is 3.38. The van der Waals surface area contributed by atoms with Crippen LogP contribution in [0.5, 0.6) is 11.5 Å². The molecule has 4 heteroatoms. The minimum absolute atomic E-state index is 0.341. The molecule has 0 aliphatic heterocycles. The number of benzene rings is 2. The highest BCUT2D eigenvalue weighted by Gasteiger charge is 2.23. The van der Waals surface area contributed by atoms with Gasteiger partial charge in [0.2, 0.25) is 0 Å². The second kappa shape index (κ2) is 7.77. The van der Waals surface area contributed by atoms with Gasteiger partial charge in [-0.2, -0.15) is 0 Å². The zero-order valence-corrected chi connectivity index (χ0v) is 13.6. The Hall–Kier alpha value is -2.36. The van der Waals surface area contributed by atoms with Crippen molar-refractivity contribution in [3.05, 3.63) is 48.5 Å².